The SMILES string of the molecule is CCCCCC(C)(C)CNC(C)c1ccc(CCC)cc1. The van der Waals surface area contributed by atoms with E-state index in [0.29, 0.717) is 11.5 Å². The summed E-state index contributed by atoms with van der Waals surface area (Å²) in [5.74, 6) is 0. The van der Waals surface area contributed by atoms with Crippen molar-refractivity contribution in [2.45, 2.75) is 79.2 Å². The minimum atomic E-state index is 0.394. The zero-order valence-electron chi connectivity index (χ0n) is 14.8. The molecule has 1 atom stereocenters. The Morgan fingerprint density at radius 2 is 1.67 bits per heavy atom. The highest BCUT2D eigenvalue weighted by molar-refractivity contribution is 5.24. The first-order valence-corrected chi connectivity index (χ1v) is 8.80. The van der Waals surface area contributed by atoms with Gasteiger partial charge in [0.2, 0.25) is 0 Å². The normalized spacial score (nSPS) is 13.4. The number of nitrogens with one attached hydrogen (secondary N) is 1. The van der Waals surface area contributed by atoms with Gasteiger partial charge in [0.05, 0.1) is 0 Å². The molecule has 1 N–H and O–H groups in total. The smallest absolute Gasteiger partial charge is 0.0292 e. The minimum absolute atomic E-state index is 0.394. The highest BCUT2D eigenvalue weighted by Gasteiger charge is 2.18. The van der Waals surface area contributed by atoms with Crippen LogP contribution in [0.3, 0.4) is 0 Å². The van der Waals surface area contributed by atoms with E-state index in [9.17, 15) is 0 Å². The summed E-state index contributed by atoms with van der Waals surface area (Å²) in [7, 11) is 0. The molecule has 0 aliphatic carbocycles. The molecule has 0 saturated heterocycles. The van der Waals surface area contributed by atoms with Crippen molar-refractivity contribution >= 4 is 0 Å². The van der Waals surface area contributed by atoms with Gasteiger partial charge in [-0.3, -0.25) is 0 Å². The molecule has 1 heteroatoms. The average Bonchev–Trinajstić information content (AvgIpc) is 2.46. The van der Waals surface area contributed by atoms with Crippen molar-refractivity contribution in [3.8, 4) is 0 Å². The Morgan fingerprint density at radius 3 is 2.24 bits per heavy atom. The van der Waals surface area contributed by atoms with Crippen LogP contribution < -0.4 is 5.32 Å². The molecule has 120 valence electrons. The third-order valence-electron chi connectivity index (χ3n) is 4.36. The van der Waals surface area contributed by atoms with Crippen molar-refractivity contribution < 1.29 is 0 Å². The Morgan fingerprint density at radius 1 is 1.00 bits per heavy atom. The summed E-state index contributed by atoms with van der Waals surface area (Å²) in [6.45, 7) is 12.6. The number of aryl methyl sites for hydroxylation is 1. The topological polar surface area (TPSA) is 12.0 Å². The lowest BCUT2D eigenvalue weighted by atomic mass is 9.86. The van der Waals surface area contributed by atoms with Crippen LogP contribution in [-0.4, -0.2) is 6.54 Å². The predicted molar refractivity (Wildman–Crippen MR) is 94.8 cm³/mol. The lowest BCUT2D eigenvalue weighted by Gasteiger charge is -2.27. The fourth-order valence-corrected chi connectivity index (χ4v) is 2.75. The van der Waals surface area contributed by atoms with Crippen molar-refractivity contribution in [1.29, 1.82) is 0 Å². The van der Waals surface area contributed by atoms with Crippen LogP contribution in [0, 0.1) is 5.41 Å². The molecule has 21 heavy (non-hydrogen) atoms. The maximum absolute atomic E-state index is 3.72. The highest BCUT2D eigenvalue weighted by atomic mass is 14.9. The zero-order valence-corrected chi connectivity index (χ0v) is 14.8. The summed E-state index contributed by atoms with van der Waals surface area (Å²) in [6.07, 6.45) is 7.74. The van der Waals surface area contributed by atoms with E-state index in [-0.39, 0.29) is 0 Å². The molecule has 0 radical (unpaired) electrons. The van der Waals surface area contributed by atoms with E-state index in [1.807, 2.05) is 0 Å². The lowest BCUT2D eigenvalue weighted by molar-refractivity contribution is 0.291. The Balaban J connectivity index is 2.43. The molecule has 0 aliphatic heterocycles. The van der Waals surface area contributed by atoms with Gasteiger partial charge < -0.3 is 5.32 Å². The van der Waals surface area contributed by atoms with Gasteiger partial charge in [-0.1, -0.05) is 77.6 Å². The molecule has 0 aliphatic rings. The van der Waals surface area contributed by atoms with Gasteiger partial charge >= 0.3 is 0 Å². The number of hydrogen-bond donors (Lipinski definition) is 1. The van der Waals surface area contributed by atoms with E-state index in [4.69, 9.17) is 0 Å². The van der Waals surface area contributed by atoms with E-state index in [1.165, 1.54) is 49.7 Å². The maximum atomic E-state index is 3.72. The van der Waals surface area contributed by atoms with Gasteiger partial charge in [0, 0.05) is 12.6 Å². The van der Waals surface area contributed by atoms with Crippen LogP contribution in [0.4, 0.5) is 0 Å². The Bertz CT molecular complexity index is 377. The van der Waals surface area contributed by atoms with Gasteiger partial charge in [0.15, 0.2) is 0 Å². The zero-order chi connectivity index (χ0) is 15.7. The molecule has 1 nitrogen and oxygen atoms in total. The minimum Gasteiger partial charge on any atom is -0.310 e. The Kier molecular flexibility index (Phi) is 8.03. The largest absolute Gasteiger partial charge is 0.310 e. The van der Waals surface area contributed by atoms with Crippen molar-refractivity contribution in [1.82, 2.24) is 5.32 Å². The molecule has 1 rings (SSSR count). The van der Waals surface area contributed by atoms with Crippen LogP contribution in [0.2, 0.25) is 0 Å². The standard InChI is InChI=1S/C20H35N/c1-6-8-9-15-20(4,5)16-21-17(3)19-13-11-18(10-7-2)12-14-19/h11-14,17,21H,6-10,15-16H2,1-5H3. The molecule has 1 aromatic carbocycles. The summed E-state index contributed by atoms with van der Waals surface area (Å²) in [5.41, 5.74) is 3.25. The first-order chi connectivity index (χ1) is 9.98. The molecule has 0 bridgehead atoms. The maximum Gasteiger partial charge on any atom is 0.0292 e. The van der Waals surface area contributed by atoms with Crippen molar-refractivity contribution in [3.63, 3.8) is 0 Å². The van der Waals surface area contributed by atoms with Gasteiger partial charge in [-0.15, -0.1) is 0 Å². The number of rotatable bonds is 10. The van der Waals surface area contributed by atoms with E-state index >= 15 is 0 Å². The second kappa shape index (κ2) is 9.25. The monoisotopic (exact) mass is 289 g/mol. The van der Waals surface area contributed by atoms with Crippen LogP contribution in [0.15, 0.2) is 24.3 Å². The van der Waals surface area contributed by atoms with Gasteiger partial charge in [0.25, 0.3) is 0 Å². The summed E-state index contributed by atoms with van der Waals surface area (Å²) in [4.78, 5) is 0. The summed E-state index contributed by atoms with van der Waals surface area (Å²) in [5, 5.41) is 3.72. The number of unbranched alkanes of at least 4 members (excludes halogenated alkanes) is 2. The van der Waals surface area contributed by atoms with E-state index < -0.39 is 0 Å². The molecule has 0 saturated carbocycles. The molecule has 0 aromatic heterocycles. The second-order valence-electron chi connectivity index (χ2n) is 7.22. The van der Waals surface area contributed by atoms with Gasteiger partial charge in [-0.2, -0.15) is 0 Å². The molecule has 1 aromatic rings. The third kappa shape index (κ3) is 7.13. The highest BCUT2D eigenvalue weighted by Crippen LogP contribution is 2.24. The molecular formula is C20H35N. The van der Waals surface area contributed by atoms with Crippen LogP contribution in [-0.2, 0) is 6.42 Å². The van der Waals surface area contributed by atoms with Crippen molar-refractivity contribution in [2.24, 2.45) is 5.41 Å². The van der Waals surface area contributed by atoms with Crippen LogP contribution >= 0.6 is 0 Å². The fraction of sp³-hybridized carbons (Fsp3) is 0.700. The number of hydrogen-bond acceptors (Lipinski definition) is 1. The van der Waals surface area contributed by atoms with Gasteiger partial charge in [-0.05, 0) is 36.3 Å². The van der Waals surface area contributed by atoms with Gasteiger partial charge in [-0.25, -0.2) is 0 Å². The molecule has 0 spiro atoms. The van der Waals surface area contributed by atoms with Crippen LogP contribution in [0.25, 0.3) is 0 Å². The predicted octanol–water partition coefficient (Wildman–Crippen LogP) is 5.90. The van der Waals surface area contributed by atoms with E-state index in [2.05, 4.69) is 64.2 Å². The third-order valence-corrected chi connectivity index (χ3v) is 4.36. The Hall–Kier alpha value is -0.820. The molecule has 0 heterocycles. The summed E-state index contributed by atoms with van der Waals surface area (Å²) in [6, 6.07) is 9.57. The molecule has 0 amide bonds. The average molecular weight is 290 g/mol. The summed E-state index contributed by atoms with van der Waals surface area (Å²) >= 11 is 0. The van der Waals surface area contributed by atoms with E-state index in [0.717, 1.165) is 6.54 Å². The molecule has 0 fully saturated rings. The number of benzene rings is 1. The fourth-order valence-electron chi connectivity index (χ4n) is 2.75. The lowest BCUT2D eigenvalue weighted by Crippen LogP contribution is -2.31. The Labute approximate surface area is 132 Å². The molecule has 1 unspecified atom stereocenters. The summed E-state index contributed by atoms with van der Waals surface area (Å²) < 4.78 is 0. The quantitative estimate of drug-likeness (QED) is 0.529. The van der Waals surface area contributed by atoms with Crippen LogP contribution in [0.5, 0.6) is 0 Å². The first-order valence-electron chi connectivity index (χ1n) is 8.80. The second-order valence-corrected chi connectivity index (χ2v) is 7.22. The van der Waals surface area contributed by atoms with Crippen molar-refractivity contribution in [3.05, 3.63) is 35.4 Å². The van der Waals surface area contributed by atoms with Gasteiger partial charge in [0.1, 0.15) is 0 Å². The van der Waals surface area contributed by atoms with E-state index in [1.54, 1.807) is 0 Å². The molecular weight excluding hydrogens is 254 g/mol. The van der Waals surface area contributed by atoms with Crippen LogP contribution in [0.1, 0.15) is 83.9 Å². The first kappa shape index (κ1) is 18.2. The van der Waals surface area contributed by atoms with Crippen molar-refractivity contribution in [2.75, 3.05) is 6.54 Å².